The minimum atomic E-state index is -0.514. The van der Waals surface area contributed by atoms with E-state index in [0.29, 0.717) is 16.4 Å². The predicted octanol–water partition coefficient (Wildman–Crippen LogP) is 3.88. The molecule has 19 heavy (non-hydrogen) atoms. The van der Waals surface area contributed by atoms with Crippen molar-refractivity contribution < 1.29 is 4.92 Å². The van der Waals surface area contributed by atoms with E-state index in [1.165, 1.54) is 6.07 Å². The van der Waals surface area contributed by atoms with Gasteiger partial charge >= 0.3 is 5.69 Å². The molecule has 0 aliphatic carbocycles. The lowest BCUT2D eigenvalue weighted by Crippen LogP contribution is -2.01. The number of anilines is 3. The topological polar surface area (TPSA) is 81.2 Å². The Morgan fingerprint density at radius 2 is 2.00 bits per heavy atom. The summed E-state index contributed by atoms with van der Waals surface area (Å²) in [5.74, 6) is 0. The Balaban J connectivity index is 2.44. The highest BCUT2D eigenvalue weighted by atomic mass is 35.5. The van der Waals surface area contributed by atoms with Crippen molar-refractivity contribution >= 4 is 34.4 Å². The van der Waals surface area contributed by atoms with Gasteiger partial charge in [0.05, 0.1) is 15.6 Å². The number of para-hydroxylation sites is 1. The maximum Gasteiger partial charge on any atom is 0.315 e. The summed E-state index contributed by atoms with van der Waals surface area (Å²) in [7, 11) is 0. The number of nitrogen functional groups attached to an aromatic ring is 1. The molecule has 0 aromatic heterocycles. The van der Waals surface area contributed by atoms with Crippen LogP contribution in [0.3, 0.4) is 0 Å². The standard InChI is InChI=1S/C13H12ClN3O2/c1-8-5-6-11(9(14)7-8)16-12-4-2-3-10(15)13(12)17(18)19/h2-7,16H,15H2,1H3. The smallest absolute Gasteiger partial charge is 0.315 e. The molecule has 0 spiro atoms. The van der Waals surface area contributed by atoms with E-state index in [9.17, 15) is 10.1 Å². The van der Waals surface area contributed by atoms with E-state index in [0.717, 1.165) is 5.56 Å². The second-order valence-electron chi connectivity index (χ2n) is 4.11. The fourth-order valence-corrected chi connectivity index (χ4v) is 2.01. The third-order valence-corrected chi connectivity index (χ3v) is 2.96. The summed E-state index contributed by atoms with van der Waals surface area (Å²) in [6.45, 7) is 1.92. The second-order valence-corrected chi connectivity index (χ2v) is 4.52. The number of nitrogens with one attached hydrogen (secondary N) is 1. The van der Waals surface area contributed by atoms with Crippen molar-refractivity contribution in [2.75, 3.05) is 11.1 Å². The Morgan fingerprint density at radius 1 is 1.26 bits per heavy atom. The zero-order chi connectivity index (χ0) is 14.0. The molecule has 0 heterocycles. The fraction of sp³-hybridized carbons (Fsp3) is 0.0769. The van der Waals surface area contributed by atoms with Crippen molar-refractivity contribution in [2.45, 2.75) is 6.92 Å². The number of nitrogens with two attached hydrogens (primary N) is 1. The van der Waals surface area contributed by atoms with Crippen molar-refractivity contribution in [3.05, 3.63) is 57.1 Å². The number of aryl methyl sites for hydroxylation is 1. The first-order valence-electron chi connectivity index (χ1n) is 5.55. The summed E-state index contributed by atoms with van der Waals surface area (Å²) in [5, 5.41) is 14.5. The van der Waals surface area contributed by atoms with Gasteiger partial charge in [-0.25, -0.2) is 0 Å². The molecule has 98 valence electrons. The van der Waals surface area contributed by atoms with Gasteiger partial charge in [0.15, 0.2) is 0 Å². The molecule has 0 aliphatic heterocycles. The Kier molecular flexibility index (Phi) is 3.57. The molecule has 0 atom stereocenters. The van der Waals surface area contributed by atoms with Crippen molar-refractivity contribution in [3.8, 4) is 0 Å². The molecule has 0 saturated heterocycles. The van der Waals surface area contributed by atoms with Crippen LogP contribution in [0.25, 0.3) is 0 Å². The quantitative estimate of drug-likeness (QED) is 0.507. The van der Waals surface area contributed by atoms with Crippen molar-refractivity contribution in [3.63, 3.8) is 0 Å². The van der Waals surface area contributed by atoms with E-state index in [1.54, 1.807) is 24.3 Å². The lowest BCUT2D eigenvalue weighted by Gasteiger charge is -2.10. The monoisotopic (exact) mass is 277 g/mol. The largest absolute Gasteiger partial charge is 0.393 e. The third-order valence-electron chi connectivity index (χ3n) is 2.64. The minimum absolute atomic E-state index is 0.109. The summed E-state index contributed by atoms with van der Waals surface area (Å²) in [6, 6.07) is 10.1. The maximum absolute atomic E-state index is 11.0. The van der Waals surface area contributed by atoms with Crippen LogP contribution >= 0.6 is 11.6 Å². The second kappa shape index (κ2) is 5.16. The van der Waals surface area contributed by atoms with Crippen molar-refractivity contribution in [1.82, 2.24) is 0 Å². The first-order valence-corrected chi connectivity index (χ1v) is 5.93. The SMILES string of the molecule is Cc1ccc(Nc2cccc(N)c2[N+](=O)[O-])c(Cl)c1. The molecule has 0 unspecified atom stereocenters. The predicted molar refractivity (Wildman–Crippen MR) is 77.0 cm³/mol. The number of nitrogens with zero attached hydrogens (tertiary/aromatic N) is 1. The summed E-state index contributed by atoms with van der Waals surface area (Å²) < 4.78 is 0. The average molecular weight is 278 g/mol. The van der Waals surface area contributed by atoms with Crippen LogP contribution < -0.4 is 11.1 Å². The molecule has 0 bridgehead atoms. The molecule has 0 radical (unpaired) electrons. The molecule has 2 aromatic rings. The van der Waals surface area contributed by atoms with Crippen molar-refractivity contribution in [2.24, 2.45) is 0 Å². The first-order chi connectivity index (χ1) is 8.99. The fourth-order valence-electron chi connectivity index (χ4n) is 1.73. The molecule has 6 heteroatoms. The summed E-state index contributed by atoms with van der Waals surface area (Å²) in [6.07, 6.45) is 0. The highest BCUT2D eigenvalue weighted by Crippen LogP contribution is 2.34. The molecular weight excluding hydrogens is 266 g/mol. The normalized spacial score (nSPS) is 10.2. The van der Waals surface area contributed by atoms with Gasteiger partial charge in [0.2, 0.25) is 0 Å². The van der Waals surface area contributed by atoms with Gasteiger partial charge in [0.25, 0.3) is 0 Å². The summed E-state index contributed by atoms with van der Waals surface area (Å²) >= 11 is 6.09. The van der Waals surface area contributed by atoms with Crippen molar-refractivity contribution in [1.29, 1.82) is 0 Å². The van der Waals surface area contributed by atoms with Gasteiger partial charge in [-0.2, -0.15) is 0 Å². The lowest BCUT2D eigenvalue weighted by molar-refractivity contribution is -0.383. The van der Waals surface area contributed by atoms with Crippen LogP contribution in [-0.4, -0.2) is 4.92 Å². The molecule has 5 nitrogen and oxygen atoms in total. The minimum Gasteiger partial charge on any atom is -0.393 e. The Morgan fingerprint density at radius 3 is 2.63 bits per heavy atom. The number of hydrogen-bond donors (Lipinski definition) is 2. The summed E-state index contributed by atoms with van der Waals surface area (Å²) in [5.41, 5.74) is 7.50. The van der Waals surface area contributed by atoms with Gasteiger partial charge in [-0.3, -0.25) is 10.1 Å². The highest BCUT2D eigenvalue weighted by molar-refractivity contribution is 6.33. The van der Waals surface area contributed by atoms with Crippen LogP contribution in [0.4, 0.5) is 22.7 Å². The Hall–Kier alpha value is -2.27. The highest BCUT2D eigenvalue weighted by Gasteiger charge is 2.18. The Bertz CT molecular complexity index is 644. The molecule has 0 amide bonds. The summed E-state index contributed by atoms with van der Waals surface area (Å²) in [4.78, 5) is 10.5. The number of halogens is 1. The first kappa shape index (κ1) is 13.2. The molecular formula is C13H12ClN3O2. The van der Waals surface area contributed by atoms with Gasteiger partial charge in [0.1, 0.15) is 11.4 Å². The number of benzene rings is 2. The number of nitro benzene ring substituents is 1. The number of hydrogen-bond acceptors (Lipinski definition) is 4. The van der Waals surface area contributed by atoms with Crippen LogP contribution in [-0.2, 0) is 0 Å². The molecule has 2 rings (SSSR count). The van der Waals surface area contributed by atoms with Gasteiger partial charge < -0.3 is 11.1 Å². The number of rotatable bonds is 3. The van der Waals surface area contributed by atoms with Gasteiger partial charge in [-0.15, -0.1) is 0 Å². The van der Waals surface area contributed by atoms with E-state index in [-0.39, 0.29) is 11.4 Å². The lowest BCUT2D eigenvalue weighted by atomic mass is 10.2. The third kappa shape index (κ3) is 2.77. The van der Waals surface area contributed by atoms with Crippen LogP contribution in [0.1, 0.15) is 5.56 Å². The van der Waals surface area contributed by atoms with E-state index >= 15 is 0 Å². The van der Waals surface area contributed by atoms with Crippen LogP contribution in [0.2, 0.25) is 5.02 Å². The molecule has 0 fully saturated rings. The molecule has 0 saturated carbocycles. The maximum atomic E-state index is 11.0. The van der Waals surface area contributed by atoms with E-state index in [1.807, 2.05) is 13.0 Å². The van der Waals surface area contributed by atoms with Crippen LogP contribution in [0.5, 0.6) is 0 Å². The zero-order valence-corrected chi connectivity index (χ0v) is 10.9. The van der Waals surface area contributed by atoms with Crippen LogP contribution in [0, 0.1) is 17.0 Å². The van der Waals surface area contributed by atoms with E-state index in [2.05, 4.69) is 5.32 Å². The van der Waals surface area contributed by atoms with E-state index < -0.39 is 4.92 Å². The number of nitro groups is 1. The molecule has 0 aliphatic rings. The van der Waals surface area contributed by atoms with Gasteiger partial charge in [0, 0.05) is 0 Å². The Labute approximate surface area is 115 Å². The average Bonchev–Trinajstić information content (AvgIpc) is 2.32. The van der Waals surface area contributed by atoms with Gasteiger partial charge in [-0.1, -0.05) is 23.7 Å². The van der Waals surface area contributed by atoms with Crippen LogP contribution in [0.15, 0.2) is 36.4 Å². The molecule has 3 N–H and O–H groups in total. The van der Waals surface area contributed by atoms with Gasteiger partial charge in [-0.05, 0) is 36.8 Å². The van der Waals surface area contributed by atoms with E-state index in [4.69, 9.17) is 17.3 Å². The zero-order valence-electron chi connectivity index (χ0n) is 10.2. The molecule has 2 aromatic carbocycles.